The van der Waals surface area contributed by atoms with E-state index in [9.17, 15) is 4.79 Å². The summed E-state index contributed by atoms with van der Waals surface area (Å²) in [5, 5.41) is 16.5. The predicted molar refractivity (Wildman–Crippen MR) is 147 cm³/mol. The molecule has 3 aromatic rings. The van der Waals surface area contributed by atoms with Crippen LogP contribution in [0.25, 0.3) is 20.9 Å². The summed E-state index contributed by atoms with van der Waals surface area (Å²) in [5.74, 6) is 0.164. The Morgan fingerprint density at radius 1 is 1.05 bits per heavy atom. The number of nitrogens with zero attached hydrogens (tertiary/aromatic N) is 7. The Balaban J connectivity index is 1.85. The number of aliphatic hydroxyl groups is 1. The lowest BCUT2D eigenvalue weighted by Crippen LogP contribution is -2.44. The number of azide groups is 2. The molecule has 0 radical (unpaired) electrons. The van der Waals surface area contributed by atoms with Crippen molar-refractivity contribution in [3.63, 3.8) is 0 Å². The summed E-state index contributed by atoms with van der Waals surface area (Å²) in [5.41, 5.74) is 19.2. The van der Waals surface area contributed by atoms with Crippen molar-refractivity contribution in [3.8, 4) is 5.75 Å². The first-order chi connectivity index (χ1) is 19.6. The lowest BCUT2D eigenvalue weighted by atomic mass is 9.81. The number of rotatable bonds is 12. The molecule has 2 atom stereocenters. The molecule has 1 N–H and O–H groups in total. The van der Waals surface area contributed by atoms with Crippen molar-refractivity contribution in [1.82, 2.24) is 0 Å². The van der Waals surface area contributed by atoms with E-state index in [2.05, 4.69) is 20.1 Å². The molecule has 12 heteroatoms. The molecule has 0 unspecified atom stereocenters. The van der Waals surface area contributed by atoms with Gasteiger partial charge in [-0.1, -0.05) is 58.8 Å². The summed E-state index contributed by atoms with van der Waals surface area (Å²) in [4.78, 5) is 24.3. The van der Waals surface area contributed by atoms with Crippen molar-refractivity contribution in [2.45, 2.75) is 31.0 Å². The fourth-order valence-corrected chi connectivity index (χ4v) is 4.55. The number of carbonyl (C=O) groups excluding carboxylic acids is 1. The summed E-state index contributed by atoms with van der Waals surface area (Å²) < 4.78 is 17.4. The van der Waals surface area contributed by atoms with Crippen LogP contribution < -0.4 is 4.74 Å². The zero-order chi connectivity index (χ0) is 28.4. The number of benzene rings is 3. The summed E-state index contributed by atoms with van der Waals surface area (Å²) in [7, 11) is 1.28. The second-order valence-electron chi connectivity index (χ2n) is 8.86. The van der Waals surface area contributed by atoms with Crippen LogP contribution in [-0.4, -0.2) is 42.8 Å². The van der Waals surface area contributed by atoms with Gasteiger partial charge in [0.1, 0.15) is 5.75 Å². The molecular formula is C28H27N7O5. The van der Waals surface area contributed by atoms with Crippen molar-refractivity contribution in [1.29, 1.82) is 0 Å². The van der Waals surface area contributed by atoms with Crippen LogP contribution in [0.1, 0.15) is 34.8 Å². The van der Waals surface area contributed by atoms with Crippen LogP contribution in [0.3, 0.4) is 0 Å². The third-order valence-electron chi connectivity index (χ3n) is 6.42. The highest BCUT2D eigenvalue weighted by Gasteiger charge is 2.55. The van der Waals surface area contributed by atoms with Gasteiger partial charge in [0, 0.05) is 40.5 Å². The van der Waals surface area contributed by atoms with Gasteiger partial charge in [0.25, 0.3) is 0 Å². The van der Waals surface area contributed by atoms with Gasteiger partial charge in [0.15, 0.2) is 6.10 Å². The summed E-state index contributed by atoms with van der Waals surface area (Å²) in [6.45, 7) is 0.436. The number of hydrogen-bond acceptors (Lipinski definition) is 8. The van der Waals surface area contributed by atoms with E-state index in [1.165, 1.54) is 7.11 Å². The standard InChI is InChI=1S/C28H27N7O5/c1-38-27(37)28(17-20-7-3-5-10-24(20)33-35-30)25(23-9-4-2-8-21(23)18-31-34-29)40-26(32-28)19-11-13-22(14-12-19)39-16-6-15-36/h2-5,7-14,25,36H,6,15-18H2,1H3/t25-,28-/m1/s1. The van der Waals surface area contributed by atoms with Crippen LogP contribution in [0.5, 0.6) is 5.75 Å². The summed E-state index contributed by atoms with van der Waals surface area (Å²) in [6.07, 6.45) is -0.450. The Labute approximate surface area is 230 Å². The van der Waals surface area contributed by atoms with Crippen molar-refractivity contribution in [2.24, 2.45) is 15.2 Å². The maximum atomic E-state index is 13.7. The predicted octanol–water partition coefficient (Wildman–Crippen LogP) is 5.87. The second-order valence-corrected chi connectivity index (χ2v) is 8.86. The van der Waals surface area contributed by atoms with E-state index in [1.54, 1.807) is 72.8 Å². The number of ether oxygens (including phenoxy) is 3. The third kappa shape index (κ3) is 6.00. The van der Waals surface area contributed by atoms with Crippen LogP contribution in [0.4, 0.5) is 5.69 Å². The van der Waals surface area contributed by atoms with E-state index in [4.69, 9.17) is 35.4 Å². The molecule has 3 aromatic carbocycles. The zero-order valence-electron chi connectivity index (χ0n) is 21.8. The first-order valence-corrected chi connectivity index (χ1v) is 12.5. The van der Waals surface area contributed by atoms with Gasteiger partial charge in [-0.15, -0.1) is 0 Å². The molecule has 1 aliphatic rings. The van der Waals surface area contributed by atoms with Gasteiger partial charge in [-0.25, -0.2) is 9.79 Å². The smallest absolute Gasteiger partial charge is 0.338 e. The van der Waals surface area contributed by atoms with Crippen LogP contribution in [-0.2, 0) is 27.2 Å². The van der Waals surface area contributed by atoms with Gasteiger partial charge in [0.2, 0.25) is 11.4 Å². The molecule has 0 bridgehead atoms. The number of aliphatic hydroxyl groups excluding tert-OH is 1. The summed E-state index contributed by atoms with van der Waals surface area (Å²) >= 11 is 0. The molecule has 0 aromatic heterocycles. The van der Waals surface area contributed by atoms with Crippen molar-refractivity contribution < 1.29 is 24.1 Å². The van der Waals surface area contributed by atoms with Gasteiger partial charge >= 0.3 is 5.97 Å². The van der Waals surface area contributed by atoms with Gasteiger partial charge in [-0.3, -0.25) is 0 Å². The average molecular weight is 542 g/mol. The minimum absolute atomic E-state index is 0.00123. The normalized spacial score (nSPS) is 17.6. The number of aliphatic imine (C=N–C) groups is 1. The fraction of sp³-hybridized carbons (Fsp3) is 0.286. The maximum absolute atomic E-state index is 13.7. The number of esters is 1. The monoisotopic (exact) mass is 541 g/mol. The van der Waals surface area contributed by atoms with Crippen molar-refractivity contribution >= 4 is 17.6 Å². The Kier molecular flexibility index (Phi) is 9.22. The highest BCUT2D eigenvalue weighted by molar-refractivity contribution is 6.00. The van der Waals surface area contributed by atoms with E-state index in [0.29, 0.717) is 46.7 Å². The zero-order valence-corrected chi connectivity index (χ0v) is 21.8. The van der Waals surface area contributed by atoms with E-state index in [1.807, 2.05) is 0 Å². The van der Waals surface area contributed by atoms with E-state index >= 15 is 0 Å². The molecule has 40 heavy (non-hydrogen) atoms. The van der Waals surface area contributed by atoms with E-state index in [-0.39, 0.29) is 25.5 Å². The molecule has 0 saturated carbocycles. The first-order valence-electron chi connectivity index (χ1n) is 12.5. The maximum Gasteiger partial charge on any atom is 0.338 e. The minimum Gasteiger partial charge on any atom is -0.494 e. The number of hydrogen-bond donors (Lipinski definition) is 1. The lowest BCUT2D eigenvalue weighted by molar-refractivity contribution is -0.149. The number of carbonyl (C=O) groups is 1. The largest absolute Gasteiger partial charge is 0.494 e. The topological polar surface area (TPSA) is 175 Å². The van der Waals surface area contributed by atoms with Crippen LogP contribution in [0, 0.1) is 0 Å². The fourth-order valence-electron chi connectivity index (χ4n) is 4.55. The molecule has 0 aliphatic carbocycles. The van der Waals surface area contributed by atoms with Gasteiger partial charge in [-0.2, -0.15) is 0 Å². The van der Waals surface area contributed by atoms with Crippen molar-refractivity contribution in [3.05, 3.63) is 116 Å². The SMILES string of the molecule is COC(=O)[C@]1(Cc2ccccc2N=[N+]=[N-])N=C(c2ccc(OCCCO)cc2)O[C@@H]1c1ccccc1CN=[N+]=[N-]. The Hall–Kier alpha value is -5.02. The second kappa shape index (κ2) is 13.2. The van der Waals surface area contributed by atoms with Crippen LogP contribution in [0.2, 0.25) is 0 Å². The summed E-state index contributed by atoms with van der Waals surface area (Å²) in [6, 6.07) is 21.1. The minimum atomic E-state index is -1.60. The molecule has 0 amide bonds. The van der Waals surface area contributed by atoms with Gasteiger partial charge < -0.3 is 19.3 Å². The Bertz CT molecular complexity index is 1480. The highest BCUT2D eigenvalue weighted by Crippen LogP contribution is 2.45. The van der Waals surface area contributed by atoms with E-state index < -0.39 is 17.6 Å². The molecule has 12 nitrogen and oxygen atoms in total. The lowest BCUT2D eigenvalue weighted by Gasteiger charge is -2.30. The average Bonchev–Trinajstić information content (AvgIpc) is 3.37. The van der Waals surface area contributed by atoms with Gasteiger partial charge in [0.05, 0.1) is 20.3 Å². The molecular weight excluding hydrogens is 514 g/mol. The molecule has 0 saturated heterocycles. The molecule has 0 spiro atoms. The van der Waals surface area contributed by atoms with Crippen molar-refractivity contribution in [2.75, 3.05) is 20.3 Å². The van der Waals surface area contributed by atoms with Gasteiger partial charge in [-0.05, 0) is 52.0 Å². The third-order valence-corrected chi connectivity index (χ3v) is 6.42. The van der Waals surface area contributed by atoms with E-state index in [0.717, 1.165) is 0 Å². The first kappa shape index (κ1) is 28.0. The highest BCUT2D eigenvalue weighted by atomic mass is 16.5. The van der Waals surface area contributed by atoms with Crippen LogP contribution in [0.15, 0.2) is 88.0 Å². The molecule has 204 valence electrons. The molecule has 0 fully saturated rings. The molecule has 1 heterocycles. The Morgan fingerprint density at radius 3 is 2.48 bits per heavy atom. The number of methoxy groups -OCH3 is 1. The van der Waals surface area contributed by atoms with Crippen LogP contribution >= 0.6 is 0 Å². The molecule has 1 aliphatic heterocycles. The quantitative estimate of drug-likeness (QED) is 0.0989. The Morgan fingerprint density at radius 2 is 1.77 bits per heavy atom. The molecule has 4 rings (SSSR count).